The molecule has 0 fully saturated rings. The van der Waals surface area contributed by atoms with Gasteiger partial charge in [0.2, 0.25) is 0 Å². The first-order chi connectivity index (χ1) is 5.74. The highest BCUT2D eigenvalue weighted by Gasteiger charge is 2.01. The van der Waals surface area contributed by atoms with E-state index in [9.17, 15) is 0 Å². The highest BCUT2D eigenvalue weighted by molar-refractivity contribution is 6.30. The predicted molar refractivity (Wildman–Crippen MR) is 49.8 cm³/mol. The van der Waals surface area contributed by atoms with E-state index in [1.54, 1.807) is 0 Å². The summed E-state index contributed by atoms with van der Waals surface area (Å²) in [7, 11) is 0. The molecule has 0 N–H and O–H groups in total. The first kappa shape index (κ1) is 9.33. The molecule has 0 aliphatic rings. The Hall–Kier alpha value is -0.760. The number of pyridine rings is 1. The van der Waals surface area contributed by atoms with Crippen molar-refractivity contribution >= 4 is 11.6 Å². The number of aryl methyl sites for hydroxylation is 1. The van der Waals surface area contributed by atoms with Gasteiger partial charge in [-0.3, -0.25) is 0 Å². The maximum atomic E-state index is 5.83. The maximum Gasteiger partial charge on any atom is 0.171 e. The SMILES string of the molecule is CCCOc1ccc(C)nc1Cl. The van der Waals surface area contributed by atoms with Crippen molar-refractivity contribution in [3.63, 3.8) is 0 Å². The normalized spacial score (nSPS) is 9.92. The first-order valence-electron chi connectivity index (χ1n) is 4.00. The zero-order valence-corrected chi connectivity index (χ0v) is 8.06. The van der Waals surface area contributed by atoms with Gasteiger partial charge in [-0.1, -0.05) is 18.5 Å². The number of aromatic nitrogens is 1. The van der Waals surface area contributed by atoms with Gasteiger partial charge in [0.05, 0.1) is 6.61 Å². The number of ether oxygens (including phenoxy) is 1. The number of rotatable bonds is 3. The van der Waals surface area contributed by atoms with Gasteiger partial charge in [-0.25, -0.2) is 4.98 Å². The van der Waals surface area contributed by atoms with E-state index in [1.807, 2.05) is 19.1 Å². The number of hydrogen-bond donors (Lipinski definition) is 0. The van der Waals surface area contributed by atoms with E-state index in [-0.39, 0.29) is 0 Å². The maximum absolute atomic E-state index is 5.83. The largest absolute Gasteiger partial charge is 0.490 e. The minimum Gasteiger partial charge on any atom is -0.490 e. The van der Waals surface area contributed by atoms with Crippen molar-refractivity contribution in [2.75, 3.05) is 6.61 Å². The molecule has 66 valence electrons. The summed E-state index contributed by atoms with van der Waals surface area (Å²) in [5.41, 5.74) is 0.906. The van der Waals surface area contributed by atoms with Gasteiger partial charge in [0.1, 0.15) is 0 Å². The Bertz CT molecular complexity index is 263. The molecule has 0 aliphatic heterocycles. The van der Waals surface area contributed by atoms with E-state index in [1.165, 1.54) is 0 Å². The summed E-state index contributed by atoms with van der Waals surface area (Å²) in [6, 6.07) is 3.73. The van der Waals surface area contributed by atoms with Crippen LogP contribution in [0.15, 0.2) is 12.1 Å². The topological polar surface area (TPSA) is 22.1 Å². The highest BCUT2D eigenvalue weighted by atomic mass is 35.5. The molecular weight excluding hydrogens is 174 g/mol. The number of hydrogen-bond acceptors (Lipinski definition) is 2. The molecule has 0 saturated heterocycles. The molecule has 0 saturated carbocycles. The molecule has 12 heavy (non-hydrogen) atoms. The summed E-state index contributed by atoms with van der Waals surface area (Å²) < 4.78 is 5.35. The quantitative estimate of drug-likeness (QED) is 0.676. The molecule has 1 aromatic rings. The molecule has 0 atom stereocenters. The van der Waals surface area contributed by atoms with Crippen LogP contribution in [-0.4, -0.2) is 11.6 Å². The lowest BCUT2D eigenvalue weighted by atomic mass is 10.4. The van der Waals surface area contributed by atoms with Crippen LogP contribution in [0.4, 0.5) is 0 Å². The molecule has 0 spiro atoms. The van der Waals surface area contributed by atoms with Crippen LogP contribution in [0.5, 0.6) is 5.75 Å². The minimum atomic E-state index is 0.448. The lowest BCUT2D eigenvalue weighted by Gasteiger charge is -2.05. The third-order valence-corrected chi connectivity index (χ3v) is 1.69. The molecular formula is C9H12ClNO. The van der Waals surface area contributed by atoms with E-state index in [4.69, 9.17) is 16.3 Å². The van der Waals surface area contributed by atoms with E-state index < -0.39 is 0 Å². The van der Waals surface area contributed by atoms with E-state index in [2.05, 4.69) is 11.9 Å². The second-order valence-electron chi connectivity index (χ2n) is 2.59. The number of nitrogens with zero attached hydrogens (tertiary/aromatic N) is 1. The summed E-state index contributed by atoms with van der Waals surface area (Å²) >= 11 is 5.83. The van der Waals surface area contributed by atoms with Crippen molar-refractivity contribution in [1.29, 1.82) is 0 Å². The molecule has 0 amide bonds. The lowest BCUT2D eigenvalue weighted by Crippen LogP contribution is -1.96. The standard InChI is InChI=1S/C9H12ClNO/c1-3-6-12-8-5-4-7(2)11-9(8)10/h4-5H,3,6H2,1-2H3. The molecule has 1 heterocycles. The van der Waals surface area contributed by atoms with Gasteiger partial charge in [0, 0.05) is 5.69 Å². The minimum absolute atomic E-state index is 0.448. The summed E-state index contributed by atoms with van der Waals surface area (Å²) in [5, 5.41) is 0.448. The van der Waals surface area contributed by atoms with Crippen LogP contribution in [-0.2, 0) is 0 Å². The zero-order chi connectivity index (χ0) is 8.97. The lowest BCUT2D eigenvalue weighted by molar-refractivity contribution is 0.316. The van der Waals surface area contributed by atoms with E-state index in [0.29, 0.717) is 17.5 Å². The predicted octanol–water partition coefficient (Wildman–Crippen LogP) is 2.83. The van der Waals surface area contributed by atoms with Gasteiger partial charge in [-0.2, -0.15) is 0 Å². The Morgan fingerprint density at radius 1 is 1.50 bits per heavy atom. The Labute approximate surface area is 77.5 Å². The van der Waals surface area contributed by atoms with Gasteiger partial charge in [-0.15, -0.1) is 0 Å². The molecule has 2 nitrogen and oxygen atoms in total. The van der Waals surface area contributed by atoms with Crippen LogP contribution in [0.1, 0.15) is 19.0 Å². The van der Waals surface area contributed by atoms with Gasteiger partial charge in [0.25, 0.3) is 0 Å². The summed E-state index contributed by atoms with van der Waals surface area (Å²) in [5.74, 6) is 0.670. The molecule has 0 aliphatic carbocycles. The highest BCUT2D eigenvalue weighted by Crippen LogP contribution is 2.21. The van der Waals surface area contributed by atoms with Crippen molar-refractivity contribution < 1.29 is 4.74 Å². The zero-order valence-electron chi connectivity index (χ0n) is 7.30. The van der Waals surface area contributed by atoms with Crippen LogP contribution >= 0.6 is 11.6 Å². The van der Waals surface area contributed by atoms with Crippen molar-refractivity contribution in [2.24, 2.45) is 0 Å². The van der Waals surface area contributed by atoms with Crippen LogP contribution in [0.2, 0.25) is 5.15 Å². The van der Waals surface area contributed by atoms with Crippen LogP contribution in [0.3, 0.4) is 0 Å². The van der Waals surface area contributed by atoms with E-state index in [0.717, 1.165) is 12.1 Å². The van der Waals surface area contributed by atoms with Crippen LogP contribution < -0.4 is 4.74 Å². The molecule has 0 unspecified atom stereocenters. The Morgan fingerprint density at radius 3 is 2.83 bits per heavy atom. The van der Waals surface area contributed by atoms with Gasteiger partial charge >= 0.3 is 0 Å². The Balaban J connectivity index is 2.72. The average Bonchev–Trinajstić information content (AvgIpc) is 2.03. The second-order valence-corrected chi connectivity index (χ2v) is 2.95. The molecule has 0 radical (unpaired) electrons. The van der Waals surface area contributed by atoms with Crippen LogP contribution in [0, 0.1) is 6.92 Å². The van der Waals surface area contributed by atoms with Crippen molar-refractivity contribution in [2.45, 2.75) is 20.3 Å². The molecule has 0 bridgehead atoms. The fraction of sp³-hybridized carbons (Fsp3) is 0.444. The Morgan fingerprint density at radius 2 is 2.25 bits per heavy atom. The summed E-state index contributed by atoms with van der Waals surface area (Å²) in [4.78, 5) is 4.07. The van der Waals surface area contributed by atoms with Crippen molar-refractivity contribution in [3.05, 3.63) is 23.0 Å². The van der Waals surface area contributed by atoms with Crippen molar-refractivity contribution in [1.82, 2.24) is 4.98 Å². The summed E-state index contributed by atoms with van der Waals surface area (Å²) in [6.45, 7) is 4.63. The van der Waals surface area contributed by atoms with Gasteiger partial charge < -0.3 is 4.74 Å². The average molecular weight is 186 g/mol. The Kier molecular flexibility index (Phi) is 3.35. The van der Waals surface area contributed by atoms with Crippen LogP contribution in [0.25, 0.3) is 0 Å². The molecule has 1 rings (SSSR count). The van der Waals surface area contributed by atoms with E-state index >= 15 is 0 Å². The number of halogens is 1. The molecule has 1 aromatic heterocycles. The van der Waals surface area contributed by atoms with Gasteiger partial charge in [0.15, 0.2) is 10.9 Å². The monoisotopic (exact) mass is 185 g/mol. The summed E-state index contributed by atoms with van der Waals surface area (Å²) in [6.07, 6.45) is 0.976. The third kappa shape index (κ3) is 2.38. The fourth-order valence-corrected chi connectivity index (χ4v) is 1.08. The van der Waals surface area contributed by atoms with Gasteiger partial charge in [-0.05, 0) is 25.5 Å². The molecule has 3 heteroatoms. The third-order valence-electron chi connectivity index (χ3n) is 1.42. The fourth-order valence-electron chi connectivity index (χ4n) is 0.832. The molecule has 0 aromatic carbocycles. The van der Waals surface area contributed by atoms with Crippen molar-refractivity contribution in [3.8, 4) is 5.75 Å². The smallest absolute Gasteiger partial charge is 0.171 e. The second kappa shape index (κ2) is 4.31. The first-order valence-corrected chi connectivity index (χ1v) is 4.37.